The van der Waals surface area contributed by atoms with Gasteiger partial charge in [-0.2, -0.15) is 0 Å². The number of rotatable bonds is 26. The van der Waals surface area contributed by atoms with E-state index in [1.165, 1.54) is 64.1 Å². The van der Waals surface area contributed by atoms with Gasteiger partial charge in [0.05, 0.1) is 19.0 Å². The second kappa shape index (κ2) is 22.3. The third kappa shape index (κ3) is 15.5. The minimum absolute atomic E-state index is 0.00474. The number of anilines is 1. The third-order valence-corrected chi connectivity index (χ3v) is 9.57. The molecule has 1 aromatic carbocycles. The Bertz CT molecular complexity index is 1370. The number of nitrogens with one attached hydrogen (secondary N) is 2. The number of hydrogen-bond donors (Lipinski definition) is 3. The number of benzene rings is 1. The van der Waals surface area contributed by atoms with E-state index in [1.807, 2.05) is 29.7 Å². The van der Waals surface area contributed by atoms with Gasteiger partial charge in [-0.05, 0) is 51.2 Å². The van der Waals surface area contributed by atoms with Crippen molar-refractivity contribution in [1.82, 2.24) is 29.9 Å². The second-order valence-electron chi connectivity index (χ2n) is 12.1. The molecule has 0 aliphatic rings. The molecule has 0 saturated heterocycles. The number of para-hydroxylation sites is 1. The van der Waals surface area contributed by atoms with Gasteiger partial charge in [-0.15, -0.1) is 0 Å². The quantitative estimate of drug-likeness (QED) is 0.0443. The Labute approximate surface area is 281 Å². The molecule has 1 amide bonds. The standard InChI is InChI=1S/C35H56N7O4P/c1-3-4-5-6-7-8-9-10-11-12-13-14-15-16-20-23-32(43)37-24-25-41-47(44,46-31-21-18-17-19-22-31)29-45-30(2)26-42-28-40-33-34(36)38-27-39-35(33)42/h10-11,17-19,21-22,27-28,30H,3-9,12-16,20,23-26,29H2,1-2H3,(H,37,43)(H,41,44)(H2,36,38,39)/t30-,47?/m1/s1. The van der Waals surface area contributed by atoms with Crippen LogP contribution in [0.4, 0.5) is 5.82 Å². The summed E-state index contributed by atoms with van der Waals surface area (Å²) in [5, 5.41) is 5.93. The lowest BCUT2D eigenvalue weighted by Crippen LogP contribution is -2.32. The van der Waals surface area contributed by atoms with Crippen molar-refractivity contribution in [2.24, 2.45) is 0 Å². The number of amides is 1. The lowest BCUT2D eigenvalue weighted by Gasteiger charge is -2.23. The number of ether oxygens (including phenoxy) is 1. The maximum atomic E-state index is 13.8. The summed E-state index contributed by atoms with van der Waals surface area (Å²) < 4.78 is 27.5. The number of nitrogen functional groups attached to an aromatic ring is 1. The third-order valence-electron chi connectivity index (χ3n) is 7.87. The van der Waals surface area contributed by atoms with E-state index in [2.05, 4.69) is 44.4 Å². The predicted octanol–water partition coefficient (Wildman–Crippen LogP) is 7.79. The van der Waals surface area contributed by atoms with Crippen LogP contribution in [-0.2, 0) is 20.6 Å². The van der Waals surface area contributed by atoms with Gasteiger partial charge in [0.2, 0.25) is 5.91 Å². The minimum Gasteiger partial charge on any atom is -0.431 e. The largest absolute Gasteiger partial charge is 0.431 e. The van der Waals surface area contributed by atoms with Crippen molar-refractivity contribution in [1.29, 1.82) is 0 Å². The van der Waals surface area contributed by atoms with Crippen molar-refractivity contribution in [3.05, 3.63) is 55.1 Å². The van der Waals surface area contributed by atoms with Gasteiger partial charge < -0.3 is 24.9 Å². The smallest absolute Gasteiger partial charge is 0.341 e. The number of allylic oxidation sites excluding steroid dienone is 2. The number of nitrogens with zero attached hydrogens (tertiary/aromatic N) is 4. The Hall–Kier alpha value is -3.27. The first-order valence-corrected chi connectivity index (χ1v) is 19.2. The molecule has 2 atom stereocenters. The van der Waals surface area contributed by atoms with Crippen LogP contribution in [0.2, 0.25) is 0 Å². The maximum Gasteiger partial charge on any atom is 0.341 e. The lowest BCUT2D eigenvalue weighted by atomic mass is 10.1. The molecule has 3 aromatic rings. The summed E-state index contributed by atoms with van der Waals surface area (Å²) in [5.41, 5.74) is 7.02. The summed E-state index contributed by atoms with van der Waals surface area (Å²) >= 11 is 0. The van der Waals surface area contributed by atoms with Crippen LogP contribution < -0.4 is 20.7 Å². The molecule has 11 nitrogen and oxygen atoms in total. The van der Waals surface area contributed by atoms with Crippen LogP contribution >= 0.6 is 7.52 Å². The molecule has 4 N–H and O–H groups in total. The number of nitrogens with two attached hydrogens (primary N) is 1. The van der Waals surface area contributed by atoms with Crippen LogP contribution in [0.1, 0.15) is 104 Å². The second-order valence-corrected chi connectivity index (χ2v) is 14.2. The molecule has 12 heteroatoms. The average molecular weight is 670 g/mol. The molecular weight excluding hydrogens is 613 g/mol. The Balaban J connectivity index is 1.29. The van der Waals surface area contributed by atoms with Gasteiger partial charge in [0.15, 0.2) is 11.5 Å². The normalized spacial score (nSPS) is 13.6. The molecule has 0 saturated carbocycles. The van der Waals surface area contributed by atoms with Gasteiger partial charge in [0.1, 0.15) is 23.9 Å². The topological polar surface area (TPSA) is 146 Å². The first kappa shape index (κ1) is 38.2. The van der Waals surface area contributed by atoms with E-state index in [0.717, 1.165) is 25.7 Å². The van der Waals surface area contributed by atoms with Crippen molar-refractivity contribution in [3.8, 4) is 5.75 Å². The van der Waals surface area contributed by atoms with Gasteiger partial charge in [0.25, 0.3) is 0 Å². The number of carbonyl (C=O) groups excluding carboxylic acids is 1. The Kier molecular flexibility index (Phi) is 18.1. The lowest BCUT2D eigenvalue weighted by molar-refractivity contribution is -0.121. The summed E-state index contributed by atoms with van der Waals surface area (Å²) in [4.78, 5) is 24.9. The van der Waals surface area contributed by atoms with E-state index in [0.29, 0.717) is 42.2 Å². The Morgan fingerprint density at radius 3 is 2.34 bits per heavy atom. The molecule has 3 rings (SSSR count). The molecule has 2 aromatic heterocycles. The molecular formula is C35H56N7O4P. The maximum absolute atomic E-state index is 13.8. The highest BCUT2D eigenvalue weighted by Gasteiger charge is 2.26. The predicted molar refractivity (Wildman–Crippen MR) is 190 cm³/mol. The summed E-state index contributed by atoms with van der Waals surface area (Å²) in [5.74, 6) is 0.790. The van der Waals surface area contributed by atoms with E-state index in [1.54, 1.807) is 18.5 Å². The number of carbonyl (C=O) groups is 1. The van der Waals surface area contributed by atoms with Gasteiger partial charge in [0, 0.05) is 19.5 Å². The van der Waals surface area contributed by atoms with Crippen LogP contribution in [0.25, 0.3) is 11.2 Å². The number of aromatic nitrogens is 4. The summed E-state index contributed by atoms with van der Waals surface area (Å²) in [7, 11) is -3.45. The van der Waals surface area contributed by atoms with Crippen LogP contribution in [-0.4, -0.2) is 51.0 Å². The molecule has 0 spiro atoms. The number of fused-ring (bicyclic) bond motifs is 1. The fourth-order valence-electron chi connectivity index (χ4n) is 5.22. The van der Waals surface area contributed by atoms with Gasteiger partial charge in [-0.25, -0.2) is 20.0 Å². The van der Waals surface area contributed by atoms with Crippen molar-refractivity contribution in [3.63, 3.8) is 0 Å². The fourth-order valence-corrected chi connectivity index (χ4v) is 6.79. The van der Waals surface area contributed by atoms with E-state index in [4.69, 9.17) is 15.0 Å². The van der Waals surface area contributed by atoms with Crippen LogP contribution in [0.15, 0.2) is 55.1 Å². The van der Waals surface area contributed by atoms with Gasteiger partial charge in [-0.1, -0.05) is 88.6 Å². The Morgan fingerprint density at radius 1 is 0.936 bits per heavy atom. The summed E-state index contributed by atoms with van der Waals surface area (Å²) in [6, 6.07) is 8.98. The highest BCUT2D eigenvalue weighted by atomic mass is 31.2. The molecule has 47 heavy (non-hydrogen) atoms. The number of imidazole rings is 1. The average Bonchev–Trinajstić information content (AvgIpc) is 3.48. The molecule has 0 fully saturated rings. The fraction of sp³-hybridized carbons (Fsp3) is 0.600. The van der Waals surface area contributed by atoms with Gasteiger partial charge in [-0.3, -0.25) is 9.36 Å². The Morgan fingerprint density at radius 2 is 1.62 bits per heavy atom. The van der Waals surface area contributed by atoms with Crippen molar-refractivity contribution in [2.45, 2.75) is 116 Å². The number of hydrogen-bond acceptors (Lipinski definition) is 8. The zero-order valence-corrected chi connectivity index (χ0v) is 29.3. The van der Waals surface area contributed by atoms with Crippen molar-refractivity contribution in [2.75, 3.05) is 25.2 Å². The van der Waals surface area contributed by atoms with E-state index in [9.17, 15) is 9.36 Å². The molecule has 2 heterocycles. The SMILES string of the molecule is CCCCCCCCC=CCCCCCCCC(=O)NCCNP(=O)(CO[C@H](C)Cn1cnc2c(N)ncnc21)Oc1ccccc1. The highest BCUT2D eigenvalue weighted by Crippen LogP contribution is 2.43. The van der Waals surface area contributed by atoms with Crippen LogP contribution in [0, 0.1) is 0 Å². The summed E-state index contributed by atoms with van der Waals surface area (Å²) in [6.07, 6.45) is 23.7. The highest BCUT2D eigenvalue weighted by molar-refractivity contribution is 7.57. The van der Waals surface area contributed by atoms with Crippen molar-refractivity contribution < 1.29 is 18.6 Å². The zero-order chi connectivity index (χ0) is 33.6. The first-order valence-electron chi connectivity index (χ1n) is 17.4. The molecule has 1 unspecified atom stereocenters. The first-order chi connectivity index (χ1) is 22.9. The summed E-state index contributed by atoms with van der Waals surface area (Å²) in [6.45, 7) is 5.17. The van der Waals surface area contributed by atoms with E-state index >= 15 is 0 Å². The molecule has 260 valence electrons. The van der Waals surface area contributed by atoms with Crippen molar-refractivity contribution >= 4 is 30.4 Å². The van der Waals surface area contributed by atoms with E-state index < -0.39 is 7.52 Å². The number of unbranched alkanes of at least 4 members (excludes halogenated alkanes) is 11. The zero-order valence-electron chi connectivity index (χ0n) is 28.4. The van der Waals surface area contributed by atoms with Gasteiger partial charge >= 0.3 is 7.52 Å². The monoisotopic (exact) mass is 669 g/mol. The molecule has 0 aliphatic carbocycles. The molecule has 0 bridgehead atoms. The molecule has 0 aliphatic heterocycles. The van der Waals surface area contributed by atoms with E-state index in [-0.39, 0.29) is 24.9 Å². The molecule has 0 radical (unpaired) electrons. The van der Waals surface area contributed by atoms with Crippen LogP contribution in [0.5, 0.6) is 5.75 Å². The van der Waals surface area contributed by atoms with Crippen LogP contribution in [0.3, 0.4) is 0 Å². The minimum atomic E-state index is -3.45.